The Kier molecular flexibility index (Phi) is 9.58. The highest BCUT2D eigenvalue weighted by molar-refractivity contribution is 9.10. The fourth-order valence-corrected chi connectivity index (χ4v) is 4.51. The highest BCUT2D eigenvalue weighted by Gasteiger charge is 2.14. The van der Waals surface area contributed by atoms with E-state index in [0.29, 0.717) is 58.4 Å². The molecule has 0 aliphatic heterocycles. The van der Waals surface area contributed by atoms with Gasteiger partial charge in [0.1, 0.15) is 13.2 Å². The number of carbonyl (C=O) groups is 1. The van der Waals surface area contributed by atoms with E-state index in [1.165, 1.54) is 6.21 Å². The van der Waals surface area contributed by atoms with Gasteiger partial charge in [-0.15, -0.1) is 0 Å². The molecular weight excluding hydrogens is 560 g/mol. The number of nitrogens with zero attached hydrogens (tertiary/aromatic N) is 1. The van der Waals surface area contributed by atoms with Gasteiger partial charge in [-0.1, -0.05) is 55.1 Å². The first-order valence-corrected chi connectivity index (χ1v) is 13.1. The van der Waals surface area contributed by atoms with Crippen molar-refractivity contribution in [3.05, 3.63) is 107 Å². The number of carbonyl (C=O) groups excluding carboxylic acids is 1. The minimum atomic E-state index is -0.386. The van der Waals surface area contributed by atoms with E-state index < -0.39 is 0 Å². The summed E-state index contributed by atoms with van der Waals surface area (Å²) in [7, 11) is 1.58. The van der Waals surface area contributed by atoms with E-state index in [-0.39, 0.29) is 5.91 Å². The van der Waals surface area contributed by atoms with Crippen LogP contribution in [-0.2, 0) is 6.61 Å². The molecule has 1 N–H and O–H groups in total. The van der Waals surface area contributed by atoms with Crippen LogP contribution in [-0.4, -0.2) is 32.4 Å². The number of hydrazone groups is 1. The first-order chi connectivity index (χ1) is 19.0. The Morgan fingerprint density at radius 1 is 0.974 bits per heavy atom. The number of methoxy groups -OCH3 is 1. The molecule has 0 atom stereocenters. The summed E-state index contributed by atoms with van der Waals surface area (Å²) in [6.45, 7) is 6.65. The highest BCUT2D eigenvalue weighted by Crippen LogP contribution is 2.37. The van der Waals surface area contributed by atoms with Gasteiger partial charge in [0.15, 0.2) is 23.0 Å². The van der Waals surface area contributed by atoms with Crippen molar-refractivity contribution in [1.82, 2.24) is 5.43 Å². The Balaban J connectivity index is 1.45. The maximum absolute atomic E-state index is 12.7. The second kappa shape index (κ2) is 13.5. The Hall–Kier alpha value is -4.30. The molecular formula is C31H29BrN2O5. The first kappa shape index (κ1) is 27.7. The molecule has 0 saturated heterocycles. The summed E-state index contributed by atoms with van der Waals surface area (Å²) >= 11 is 3.58. The van der Waals surface area contributed by atoms with Crippen LogP contribution in [0.1, 0.15) is 28.4 Å². The molecule has 0 bridgehead atoms. The molecule has 4 aromatic rings. The van der Waals surface area contributed by atoms with Gasteiger partial charge < -0.3 is 18.9 Å². The molecule has 1 amide bonds. The molecule has 0 saturated carbocycles. The number of nitrogens with one attached hydrogen (secondary N) is 1. The summed E-state index contributed by atoms with van der Waals surface area (Å²) < 4.78 is 23.6. The Labute approximate surface area is 236 Å². The molecule has 200 valence electrons. The van der Waals surface area contributed by atoms with Gasteiger partial charge in [0.2, 0.25) is 0 Å². The fourth-order valence-electron chi connectivity index (χ4n) is 3.94. The predicted octanol–water partition coefficient (Wildman–Crippen LogP) is 6.92. The molecule has 7 nitrogen and oxygen atoms in total. The lowest BCUT2D eigenvalue weighted by Gasteiger charge is -2.14. The quantitative estimate of drug-likeness (QED) is 0.110. The van der Waals surface area contributed by atoms with Crippen molar-refractivity contribution < 1.29 is 23.7 Å². The Bertz CT molecular complexity index is 1500. The minimum Gasteiger partial charge on any atom is -0.493 e. The normalized spacial score (nSPS) is 10.8. The van der Waals surface area contributed by atoms with Crippen LogP contribution in [0.3, 0.4) is 0 Å². The van der Waals surface area contributed by atoms with Gasteiger partial charge in [-0.05, 0) is 75.1 Å². The zero-order valence-electron chi connectivity index (χ0n) is 21.8. The van der Waals surface area contributed by atoms with Crippen LogP contribution in [0.4, 0.5) is 0 Å². The van der Waals surface area contributed by atoms with E-state index in [0.717, 1.165) is 16.3 Å². The third-order valence-corrected chi connectivity index (χ3v) is 6.33. The zero-order valence-corrected chi connectivity index (χ0v) is 23.4. The SMILES string of the molecule is C=CCOc1ccc(C(=O)N/N=C/c2cc(Br)c(OCc3cccc4ccccc34)c(OC)c2)cc1OCC. The van der Waals surface area contributed by atoms with Crippen LogP contribution in [0.2, 0.25) is 0 Å². The Morgan fingerprint density at radius 3 is 2.59 bits per heavy atom. The molecule has 4 rings (SSSR count). The molecule has 4 aromatic carbocycles. The lowest BCUT2D eigenvalue weighted by atomic mass is 10.1. The maximum Gasteiger partial charge on any atom is 0.271 e. The zero-order chi connectivity index (χ0) is 27.6. The van der Waals surface area contributed by atoms with Crippen LogP contribution in [0.5, 0.6) is 23.0 Å². The summed E-state index contributed by atoms with van der Waals surface area (Å²) in [6, 6.07) is 22.9. The lowest BCUT2D eigenvalue weighted by molar-refractivity contribution is 0.0954. The van der Waals surface area contributed by atoms with Crippen molar-refractivity contribution in [3.63, 3.8) is 0 Å². The number of benzene rings is 4. The summed E-state index contributed by atoms with van der Waals surface area (Å²) in [5, 5.41) is 6.41. The number of hydrogen-bond acceptors (Lipinski definition) is 6. The maximum atomic E-state index is 12.7. The van der Waals surface area contributed by atoms with Crippen molar-refractivity contribution in [3.8, 4) is 23.0 Å². The molecule has 0 aromatic heterocycles. The topological polar surface area (TPSA) is 78.4 Å². The van der Waals surface area contributed by atoms with Crippen molar-refractivity contribution in [2.75, 3.05) is 20.3 Å². The van der Waals surface area contributed by atoms with E-state index in [1.54, 1.807) is 37.5 Å². The molecule has 0 heterocycles. The van der Waals surface area contributed by atoms with Gasteiger partial charge in [-0.2, -0.15) is 5.10 Å². The highest BCUT2D eigenvalue weighted by atomic mass is 79.9. The largest absolute Gasteiger partial charge is 0.493 e. The second-order valence-electron chi connectivity index (χ2n) is 8.35. The summed E-state index contributed by atoms with van der Waals surface area (Å²) in [5.74, 6) is 1.74. The number of ether oxygens (including phenoxy) is 4. The number of hydrogen-bond donors (Lipinski definition) is 1. The molecule has 0 aliphatic carbocycles. The van der Waals surface area contributed by atoms with Crippen molar-refractivity contribution in [1.29, 1.82) is 0 Å². The predicted molar refractivity (Wildman–Crippen MR) is 157 cm³/mol. The molecule has 0 radical (unpaired) electrons. The van der Waals surface area contributed by atoms with Crippen molar-refractivity contribution >= 4 is 38.8 Å². The number of rotatable bonds is 12. The van der Waals surface area contributed by atoms with Gasteiger partial charge in [0.25, 0.3) is 5.91 Å². The molecule has 8 heteroatoms. The fraction of sp³-hybridized carbons (Fsp3) is 0.161. The lowest BCUT2D eigenvalue weighted by Crippen LogP contribution is -2.17. The Morgan fingerprint density at radius 2 is 1.79 bits per heavy atom. The van der Waals surface area contributed by atoms with Crippen molar-refractivity contribution in [2.24, 2.45) is 5.10 Å². The van der Waals surface area contributed by atoms with E-state index in [1.807, 2.05) is 37.3 Å². The van der Waals surface area contributed by atoms with Gasteiger partial charge in [-0.25, -0.2) is 5.43 Å². The van der Waals surface area contributed by atoms with E-state index in [2.05, 4.69) is 51.2 Å². The van der Waals surface area contributed by atoms with E-state index in [9.17, 15) is 4.79 Å². The summed E-state index contributed by atoms with van der Waals surface area (Å²) in [4.78, 5) is 12.7. The van der Waals surface area contributed by atoms with Crippen LogP contribution in [0.15, 0.2) is 95.0 Å². The van der Waals surface area contributed by atoms with Crippen LogP contribution < -0.4 is 24.4 Å². The standard InChI is InChI=1S/C31H29BrN2O5/c1-4-15-38-27-14-13-23(18-28(27)37-5-2)31(35)34-33-19-21-16-26(32)30(29(17-21)36-3)39-20-24-11-8-10-22-9-6-7-12-25(22)24/h4,6-14,16-19H,1,5,15,20H2,2-3H3,(H,34,35)/b33-19+. The number of amides is 1. The molecule has 0 unspecified atom stereocenters. The van der Waals surface area contributed by atoms with E-state index in [4.69, 9.17) is 18.9 Å². The average molecular weight is 589 g/mol. The summed E-state index contributed by atoms with van der Waals surface area (Å²) in [5.41, 5.74) is 4.71. The van der Waals surface area contributed by atoms with Crippen LogP contribution in [0, 0.1) is 0 Å². The molecule has 39 heavy (non-hydrogen) atoms. The first-order valence-electron chi connectivity index (χ1n) is 12.3. The number of fused-ring (bicyclic) bond motifs is 1. The monoisotopic (exact) mass is 588 g/mol. The van der Waals surface area contributed by atoms with Gasteiger partial charge in [-0.3, -0.25) is 4.79 Å². The third-order valence-electron chi connectivity index (χ3n) is 5.75. The molecule has 0 spiro atoms. The second-order valence-corrected chi connectivity index (χ2v) is 9.21. The number of halogens is 1. The molecule has 0 aliphatic rings. The van der Waals surface area contributed by atoms with Gasteiger partial charge in [0.05, 0.1) is 24.4 Å². The summed E-state index contributed by atoms with van der Waals surface area (Å²) in [6.07, 6.45) is 3.17. The van der Waals surface area contributed by atoms with Crippen LogP contribution in [0.25, 0.3) is 10.8 Å². The van der Waals surface area contributed by atoms with Crippen LogP contribution >= 0.6 is 15.9 Å². The van der Waals surface area contributed by atoms with Gasteiger partial charge in [0, 0.05) is 5.56 Å². The molecule has 0 fully saturated rings. The van der Waals surface area contributed by atoms with E-state index >= 15 is 0 Å². The van der Waals surface area contributed by atoms with Crippen molar-refractivity contribution in [2.45, 2.75) is 13.5 Å². The average Bonchev–Trinajstić information content (AvgIpc) is 2.95. The smallest absolute Gasteiger partial charge is 0.271 e. The minimum absolute atomic E-state index is 0.335. The third kappa shape index (κ3) is 6.97. The van der Waals surface area contributed by atoms with Gasteiger partial charge >= 0.3 is 0 Å².